The van der Waals surface area contributed by atoms with E-state index >= 15 is 0 Å². The van der Waals surface area contributed by atoms with Crippen molar-refractivity contribution in [1.29, 1.82) is 0 Å². The number of carbonyl (C=O) groups excluding carboxylic acids is 1. The second kappa shape index (κ2) is 7.41. The molecule has 0 unspecified atom stereocenters. The normalized spacial score (nSPS) is 16.2. The Morgan fingerprint density at radius 2 is 1.68 bits per heavy atom. The first-order valence-corrected chi connectivity index (χ1v) is 8.27. The van der Waals surface area contributed by atoms with E-state index in [1.165, 1.54) is 24.6 Å². The summed E-state index contributed by atoms with van der Waals surface area (Å²) in [6.45, 7) is 1.77. The van der Waals surface area contributed by atoms with Crippen LogP contribution in [0.4, 0.5) is 0 Å². The van der Waals surface area contributed by atoms with E-state index in [9.17, 15) is 4.79 Å². The molecular weight excluding hydrogens is 301 g/mol. The summed E-state index contributed by atoms with van der Waals surface area (Å²) >= 11 is 13.6. The molecule has 2 rings (SSSR count). The maximum absolute atomic E-state index is 12.2. The molecule has 1 aromatic carbocycles. The minimum atomic E-state index is 0.183. The summed E-state index contributed by atoms with van der Waals surface area (Å²) in [6.07, 6.45) is 4.69. The van der Waals surface area contributed by atoms with Gasteiger partial charge in [-0.2, -0.15) is 0 Å². The highest BCUT2D eigenvalue weighted by molar-refractivity contribution is 8.00. The van der Waals surface area contributed by atoms with Crippen molar-refractivity contribution < 1.29 is 4.79 Å². The van der Waals surface area contributed by atoms with Gasteiger partial charge in [-0.05, 0) is 25.0 Å². The fraction of sp³-hybridized carbons (Fsp3) is 0.500. The molecule has 19 heavy (non-hydrogen) atoms. The predicted octanol–water partition coefficient (Wildman–Crippen LogP) is 4.49. The molecular formula is C14H17Cl2NOS. The van der Waals surface area contributed by atoms with Crippen LogP contribution in [-0.2, 0) is 4.79 Å². The van der Waals surface area contributed by atoms with Crippen molar-refractivity contribution in [3.63, 3.8) is 0 Å². The summed E-state index contributed by atoms with van der Waals surface area (Å²) in [5.41, 5.74) is 0. The molecule has 1 aliphatic heterocycles. The zero-order valence-electron chi connectivity index (χ0n) is 10.7. The second-order valence-electron chi connectivity index (χ2n) is 4.63. The van der Waals surface area contributed by atoms with E-state index in [1.54, 1.807) is 12.1 Å². The van der Waals surface area contributed by atoms with Crippen molar-refractivity contribution >= 4 is 40.9 Å². The molecule has 1 amide bonds. The Balaban J connectivity index is 1.92. The molecule has 0 radical (unpaired) electrons. The lowest BCUT2D eigenvalue weighted by Crippen LogP contribution is -2.33. The minimum absolute atomic E-state index is 0.183. The summed E-state index contributed by atoms with van der Waals surface area (Å²) in [5.74, 6) is 0.589. The quantitative estimate of drug-likeness (QED) is 0.766. The number of benzene rings is 1. The van der Waals surface area contributed by atoms with Crippen LogP contribution >= 0.6 is 35.0 Å². The number of carbonyl (C=O) groups is 1. The average molecular weight is 318 g/mol. The summed E-state index contributed by atoms with van der Waals surface area (Å²) < 4.78 is 0. The molecule has 0 N–H and O–H groups in total. The van der Waals surface area contributed by atoms with Crippen molar-refractivity contribution in [1.82, 2.24) is 4.90 Å². The fourth-order valence-electron chi connectivity index (χ4n) is 2.17. The Hall–Kier alpha value is -0.380. The molecule has 0 aromatic heterocycles. The van der Waals surface area contributed by atoms with Gasteiger partial charge in [-0.1, -0.05) is 42.1 Å². The molecule has 0 spiro atoms. The number of hydrogen-bond acceptors (Lipinski definition) is 2. The predicted molar refractivity (Wildman–Crippen MR) is 82.2 cm³/mol. The highest BCUT2D eigenvalue weighted by atomic mass is 35.5. The standard InChI is InChI=1S/C14H17Cl2NOS/c15-11-6-5-7-12(16)14(11)19-10-13(18)17-8-3-1-2-4-9-17/h5-7H,1-4,8-10H2. The van der Waals surface area contributed by atoms with Crippen LogP contribution in [0, 0.1) is 0 Å². The van der Waals surface area contributed by atoms with Gasteiger partial charge < -0.3 is 4.90 Å². The zero-order chi connectivity index (χ0) is 13.7. The second-order valence-corrected chi connectivity index (χ2v) is 6.43. The van der Waals surface area contributed by atoms with Crippen molar-refractivity contribution in [2.45, 2.75) is 30.6 Å². The largest absolute Gasteiger partial charge is 0.342 e. The highest BCUT2D eigenvalue weighted by Gasteiger charge is 2.16. The summed E-state index contributed by atoms with van der Waals surface area (Å²) in [4.78, 5) is 14.9. The number of nitrogens with zero attached hydrogens (tertiary/aromatic N) is 1. The van der Waals surface area contributed by atoms with Gasteiger partial charge in [0.25, 0.3) is 0 Å². The Morgan fingerprint density at radius 3 is 2.26 bits per heavy atom. The lowest BCUT2D eigenvalue weighted by molar-refractivity contribution is -0.128. The van der Waals surface area contributed by atoms with Crippen LogP contribution in [-0.4, -0.2) is 29.6 Å². The third-order valence-corrected chi connectivity index (χ3v) is 5.19. The van der Waals surface area contributed by atoms with E-state index in [-0.39, 0.29) is 5.91 Å². The molecule has 5 heteroatoms. The van der Waals surface area contributed by atoms with Gasteiger partial charge in [-0.25, -0.2) is 0 Å². The molecule has 0 aliphatic carbocycles. The van der Waals surface area contributed by atoms with Crippen LogP contribution in [0.15, 0.2) is 23.1 Å². The molecule has 0 saturated carbocycles. The first kappa shape index (κ1) is 15.0. The Morgan fingerprint density at radius 1 is 1.11 bits per heavy atom. The third kappa shape index (κ3) is 4.30. The van der Waals surface area contributed by atoms with E-state index in [0.29, 0.717) is 15.8 Å². The van der Waals surface area contributed by atoms with Crippen LogP contribution in [0.1, 0.15) is 25.7 Å². The summed E-state index contributed by atoms with van der Waals surface area (Å²) in [7, 11) is 0. The van der Waals surface area contributed by atoms with E-state index in [2.05, 4.69) is 0 Å². The molecule has 104 valence electrons. The van der Waals surface area contributed by atoms with Gasteiger partial charge in [0.1, 0.15) is 0 Å². The monoisotopic (exact) mass is 317 g/mol. The number of likely N-dealkylation sites (tertiary alicyclic amines) is 1. The molecule has 0 atom stereocenters. The van der Waals surface area contributed by atoms with Gasteiger partial charge in [-0.3, -0.25) is 4.79 Å². The average Bonchev–Trinajstić information content (AvgIpc) is 2.66. The van der Waals surface area contributed by atoms with Gasteiger partial charge in [0.15, 0.2) is 0 Å². The zero-order valence-corrected chi connectivity index (χ0v) is 13.0. The van der Waals surface area contributed by atoms with Crippen LogP contribution in [0.3, 0.4) is 0 Å². The van der Waals surface area contributed by atoms with Crippen LogP contribution in [0.2, 0.25) is 10.0 Å². The van der Waals surface area contributed by atoms with E-state index in [1.807, 2.05) is 11.0 Å². The fourth-order valence-corrected chi connectivity index (χ4v) is 3.75. The van der Waals surface area contributed by atoms with E-state index in [4.69, 9.17) is 23.2 Å². The minimum Gasteiger partial charge on any atom is -0.342 e. The van der Waals surface area contributed by atoms with Gasteiger partial charge in [-0.15, -0.1) is 11.8 Å². The molecule has 0 bridgehead atoms. The Kier molecular flexibility index (Phi) is 5.86. The molecule has 2 nitrogen and oxygen atoms in total. The lowest BCUT2D eigenvalue weighted by atomic mass is 10.2. The Bertz CT molecular complexity index is 425. The van der Waals surface area contributed by atoms with Crippen LogP contribution in [0.25, 0.3) is 0 Å². The van der Waals surface area contributed by atoms with Gasteiger partial charge >= 0.3 is 0 Å². The molecule has 1 aromatic rings. The number of thioether (sulfide) groups is 1. The maximum Gasteiger partial charge on any atom is 0.232 e. The first-order chi connectivity index (χ1) is 9.18. The van der Waals surface area contributed by atoms with Crippen molar-refractivity contribution in [3.05, 3.63) is 28.2 Å². The lowest BCUT2D eigenvalue weighted by Gasteiger charge is -2.20. The first-order valence-electron chi connectivity index (χ1n) is 6.53. The van der Waals surface area contributed by atoms with Gasteiger partial charge in [0.2, 0.25) is 5.91 Å². The van der Waals surface area contributed by atoms with Crippen molar-refractivity contribution in [2.75, 3.05) is 18.8 Å². The summed E-state index contributed by atoms with van der Waals surface area (Å²) in [5, 5.41) is 1.22. The van der Waals surface area contributed by atoms with E-state index < -0.39 is 0 Å². The topological polar surface area (TPSA) is 20.3 Å². The van der Waals surface area contributed by atoms with Crippen LogP contribution in [0.5, 0.6) is 0 Å². The third-order valence-electron chi connectivity index (χ3n) is 3.22. The number of rotatable bonds is 3. The van der Waals surface area contributed by atoms with E-state index in [0.717, 1.165) is 30.8 Å². The maximum atomic E-state index is 12.2. The SMILES string of the molecule is O=C(CSc1c(Cl)cccc1Cl)N1CCCCCC1. The smallest absolute Gasteiger partial charge is 0.232 e. The van der Waals surface area contributed by atoms with Crippen molar-refractivity contribution in [2.24, 2.45) is 0 Å². The number of halogens is 2. The van der Waals surface area contributed by atoms with Gasteiger partial charge in [0, 0.05) is 18.0 Å². The van der Waals surface area contributed by atoms with Crippen molar-refractivity contribution in [3.8, 4) is 0 Å². The molecule has 1 aliphatic rings. The van der Waals surface area contributed by atoms with Crippen LogP contribution < -0.4 is 0 Å². The molecule has 1 saturated heterocycles. The molecule has 1 fully saturated rings. The van der Waals surface area contributed by atoms with Gasteiger partial charge in [0.05, 0.1) is 15.8 Å². The highest BCUT2D eigenvalue weighted by Crippen LogP contribution is 2.33. The summed E-state index contributed by atoms with van der Waals surface area (Å²) in [6, 6.07) is 5.41. The number of amides is 1. The molecule has 1 heterocycles. The number of hydrogen-bond donors (Lipinski definition) is 0. The Labute approximate surface area is 128 Å².